The van der Waals surface area contributed by atoms with Crippen molar-refractivity contribution < 1.29 is 13.2 Å². The smallest absolute Gasteiger partial charge is 0.374 e. The second-order valence-electron chi connectivity index (χ2n) is 8.71. The minimum atomic E-state index is -4.52. The Bertz CT molecular complexity index is 991. The van der Waals surface area contributed by atoms with E-state index in [2.05, 4.69) is 24.8 Å². The number of hydrogen-bond acceptors (Lipinski definition) is 7. The number of nitrogens with one attached hydrogen (secondary N) is 1. The van der Waals surface area contributed by atoms with Crippen molar-refractivity contribution in [2.24, 2.45) is 0 Å². The zero-order chi connectivity index (χ0) is 23.5. The van der Waals surface area contributed by atoms with E-state index in [0.29, 0.717) is 42.9 Å². The van der Waals surface area contributed by atoms with Gasteiger partial charge < -0.3 is 14.8 Å². The van der Waals surface area contributed by atoms with Crippen molar-refractivity contribution in [3.05, 3.63) is 52.0 Å². The molecule has 0 aromatic carbocycles. The van der Waals surface area contributed by atoms with Crippen molar-refractivity contribution in [3.8, 4) is 0 Å². The molecule has 2 aromatic heterocycles. The minimum Gasteiger partial charge on any atom is -0.374 e. The lowest BCUT2D eigenvalue weighted by atomic mass is 9.95. The van der Waals surface area contributed by atoms with Crippen LogP contribution < -0.4 is 10.5 Å². The van der Waals surface area contributed by atoms with E-state index < -0.39 is 17.3 Å². The van der Waals surface area contributed by atoms with E-state index in [-0.39, 0.29) is 11.4 Å². The zero-order valence-corrected chi connectivity index (χ0v) is 19.3. The van der Waals surface area contributed by atoms with E-state index >= 15 is 0 Å². The van der Waals surface area contributed by atoms with Crippen LogP contribution in [0.4, 0.5) is 19.0 Å². The highest BCUT2D eigenvalue weighted by atomic mass is 32.2. The van der Waals surface area contributed by atoms with E-state index in [1.54, 1.807) is 20.8 Å². The van der Waals surface area contributed by atoms with Gasteiger partial charge in [-0.25, -0.2) is 15.0 Å². The second kappa shape index (κ2) is 9.51. The van der Waals surface area contributed by atoms with Gasteiger partial charge >= 0.3 is 6.18 Å². The van der Waals surface area contributed by atoms with Crippen molar-refractivity contribution >= 4 is 17.6 Å². The summed E-state index contributed by atoms with van der Waals surface area (Å²) in [5, 5.41) is 0.564. The van der Waals surface area contributed by atoms with Gasteiger partial charge in [0, 0.05) is 55.7 Å². The number of H-pyrrole nitrogens is 1. The molecule has 0 amide bonds. The van der Waals surface area contributed by atoms with Crippen molar-refractivity contribution in [1.29, 1.82) is 0 Å². The van der Waals surface area contributed by atoms with Crippen molar-refractivity contribution in [3.63, 3.8) is 0 Å². The molecule has 1 fully saturated rings. The number of thioether (sulfide) groups is 1. The van der Waals surface area contributed by atoms with Crippen LogP contribution in [-0.4, -0.2) is 56.8 Å². The number of rotatable bonds is 5. The molecule has 1 aliphatic heterocycles. The van der Waals surface area contributed by atoms with Crippen LogP contribution in [0.2, 0.25) is 0 Å². The fourth-order valence-corrected chi connectivity index (χ4v) is 3.86. The summed E-state index contributed by atoms with van der Waals surface area (Å²) in [5.41, 5.74) is -0.581. The highest BCUT2D eigenvalue weighted by Gasteiger charge is 2.35. The summed E-state index contributed by atoms with van der Waals surface area (Å²) >= 11 is 1.44. The standard InChI is InChI=1S/C21H27F3N6OS/c1-14(13-32-19-25-6-5-17(31)28-19)12-29-7-9-30(10-8-29)16-11-15(21(22,23)24)26-18(27-16)20(2,3)4/h5-6,11-12H,7-10,13H2,1-4H3,(H,25,28,31). The first-order chi connectivity index (χ1) is 14.9. The lowest BCUT2D eigenvalue weighted by molar-refractivity contribution is -0.141. The Morgan fingerprint density at radius 1 is 1.19 bits per heavy atom. The Kier molecular flexibility index (Phi) is 7.16. The number of aromatic nitrogens is 4. The quantitative estimate of drug-likeness (QED) is 0.530. The van der Waals surface area contributed by atoms with Crippen LogP contribution in [0.1, 0.15) is 39.2 Å². The van der Waals surface area contributed by atoms with Gasteiger partial charge in [-0.15, -0.1) is 0 Å². The van der Waals surface area contributed by atoms with E-state index in [0.717, 1.165) is 11.6 Å². The molecule has 174 valence electrons. The van der Waals surface area contributed by atoms with Gasteiger partial charge in [0.1, 0.15) is 17.3 Å². The Hall–Kier alpha value is -2.56. The Morgan fingerprint density at radius 2 is 1.88 bits per heavy atom. The summed E-state index contributed by atoms with van der Waals surface area (Å²) < 4.78 is 40.1. The van der Waals surface area contributed by atoms with E-state index in [1.165, 1.54) is 24.0 Å². The summed E-state index contributed by atoms with van der Waals surface area (Å²) in [6.07, 6.45) is -0.996. The van der Waals surface area contributed by atoms with Crippen molar-refractivity contribution in [1.82, 2.24) is 24.8 Å². The van der Waals surface area contributed by atoms with Crippen molar-refractivity contribution in [2.75, 3.05) is 36.8 Å². The number of piperazine rings is 1. The van der Waals surface area contributed by atoms with Gasteiger partial charge in [-0.1, -0.05) is 32.5 Å². The largest absolute Gasteiger partial charge is 0.433 e. The molecule has 11 heteroatoms. The topological polar surface area (TPSA) is 78.0 Å². The minimum absolute atomic E-state index is 0.185. The van der Waals surface area contributed by atoms with Gasteiger partial charge in [-0.3, -0.25) is 4.79 Å². The molecule has 1 saturated heterocycles. The van der Waals surface area contributed by atoms with Gasteiger partial charge in [-0.2, -0.15) is 13.2 Å². The Balaban J connectivity index is 1.65. The molecule has 3 heterocycles. The zero-order valence-electron chi connectivity index (χ0n) is 18.5. The summed E-state index contributed by atoms with van der Waals surface area (Å²) in [7, 11) is 0. The van der Waals surface area contributed by atoms with Gasteiger partial charge in [0.05, 0.1) is 0 Å². The molecule has 0 aliphatic carbocycles. The average Bonchev–Trinajstić information content (AvgIpc) is 2.71. The third-order valence-electron chi connectivity index (χ3n) is 4.80. The molecular weight excluding hydrogens is 441 g/mol. The van der Waals surface area contributed by atoms with Crippen LogP contribution >= 0.6 is 11.8 Å². The second-order valence-corrected chi connectivity index (χ2v) is 9.67. The molecule has 0 unspecified atom stereocenters. The number of hydrogen-bond donors (Lipinski definition) is 1. The Morgan fingerprint density at radius 3 is 2.47 bits per heavy atom. The molecule has 0 spiro atoms. The number of nitrogens with zero attached hydrogens (tertiary/aromatic N) is 5. The summed E-state index contributed by atoms with van der Waals surface area (Å²) in [6, 6.07) is 2.41. The van der Waals surface area contributed by atoms with Crippen LogP contribution in [-0.2, 0) is 11.6 Å². The predicted octanol–water partition coefficient (Wildman–Crippen LogP) is 3.69. The maximum atomic E-state index is 13.4. The highest BCUT2D eigenvalue weighted by molar-refractivity contribution is 7.99. The molecule has 0 atom stereocenters. The van der Waals surface area contributed by atoms with Crippen LogP contribution in [0, 0.1) is 0 Å². The maximum absolute atomic E-state index is 13.4. The highest BCUT2D eigenvalue weighted by Crippen LogP contribution is 2.32. The van der Waals surface area contributed by atoms with Crippen LogP contribution in [0.15, 0.2) is 40.1 Å². The monoisotopic (exact) mass is 468 g/mol. The molecule has 1 aliphatic rings. The van der Waals surface area contributed by atoms with Gasteiger partial charge in [-0.05, 0) is 18.7 Å². The molecular formula is C21H27F3N6OS. The Labute approximate surface area is 189 Å². The first-order valence-corrected chi connectivity index (χ1v) is 11.2. The summed E-state index contributed by atoms with van der Waals surface area (Å²) in [6.45, 7) is 9.85. The SMILES string of the molecule is CC(=CN1CCN(c2cc(C(F)(F)F)nc(C(C)(C)C)n2)CC1)CSc1nccc(=O)[nH]1. The normalized spacial score (nSPS) is 15.9. The van der Waals surface area contributed by atoms with E-state index in [1.807, 2.05) is 18.0 Å². The number of alkyl halides is 3. The fourth-order valence-electron chi connectivity index (χ4n) is 3.11. The van der Waals surface area contributed by atoms with Crippen molar-refractivity contribution in [2.45, 2.75) is 44.4 Å². The molecule has 0 radical (unpaired) electrons. The molecule has 2 aromatic rings. The maximum Gasteiger partial charge on any atom is 0.433 e. The number of anilines is 1. The third kappa shape index (κ3) is 6.47. The fraction of sp³-hybridized carbons (Fsp3) is 0.524. The van der Waals surface area contributed by atoms with Crippen LogP contribution in [0.3, 0.4) is 0 Å². The van der Waals surface area contributed by atoms with E-state index in [9.17, 15) is 18.0 Å². The summed E-state index contributed by atoms with van der Waals surface area (Å²) in [5.74, 6) is 1.17. The predicted molar refractivity (Wildman–Crippen MR) is 119 cm³/mol. The van der Waals surface area contributed by atoms with Gasteiger partial charge in [0.25, 0.3) is 5.56 Å². The van der Waals surface area contributed by atoms with Gasteiger partial charge in [0.2, 0.25) is 0 Å². The first-order valence-electron chi connectivity index (χ1n) is 10.2. The molecule has 0 bridgehead atoms. The lowest BCUT2D eigenvalue weighted by Crippen LogP contribution is -2.45. The average molecular weight is 469 g/mol. The van der Waals surface area contributed by atoms with Crippen LogP contribution in [0.5, 0.6) is 0 Å². The molecule has 7 nitrogen and oxygen atoms in total. The number of halogens is 3. The third-order valence-corrected chi connectivity index (χ3v) is 5.88. The number of aromatic amines is 1. The molecule has 0 saturated carbocycles. The summed E-state index contributed by atoms with van der Waals surface area (Å²) in [4.78, 5) is 30.4. The lowest BCUT2D eigenvalue weighted by Gasteiger charge is -2.35. The molecule has 3 rings (SSSR count). The van der Waals surface area contributed by atoms with E-state index in [4.69, 9.17) is 0 Å². The first kappa shape index (κ1) is 24.1. The van der Waals surface area contributed by atoms with Crippen LogP contribution in [0.25, 0.3) is 0 Å². The molecule has 1 N–H and O–H groups in total. The molecule has 32 heavy (non-hydrogen) atoms. The van der Waals surface area contributed by atoms with Gasteiger partial charge in [0.15, 0.2) is 5.16 Å².